The number of amides is 2. The highest BCUT2D eigenvalue weighted by atomic mass is 16.5. The third-order valence-electron chi connectivity index (χ3n) is 5.52. The van der Waals surface area contributed by atoms with Crippen LogP contribution in [0.2, 0.25) is 0 Å². The Balaban J connectivity index is 1.37. The highest BCUT2D eigenvalue weighted by Gasteiger charge is 2.33. The van der Waals surface area contributed by atoms with Crippen molar-refractivity contribution in [1.82, 2.24) is 4.90 Å². The summed E-state index contributed by atoms with van der Waals surface area (Å²) >= 11 is 0. The Morgan fingerprint density at radius 1 is 0.759 bits per heavy atom. The first-order valence-electron chi connectivity index (χ1n) is 9.57. The molecule has 5 rings (SSSR count). The normalized spacial score (nSPS) is 15.0. The smallest absolute Gasteiger partial charge is 0.258 e. The highest BCUT2D eigenvalue weighted by molar-refractivity contribution is 6.12. The van der Waals surface area contributed by atoms with Gasteiger partial charge in [0.2, 0.25) is 0 Å². The van der Waals surface area contributed by atoms with Crippen molar-refractivity contribution in [3.05, 3.63) is 88.5 Å². The average Bonchev–Trinajstić information content (AvgIpc) is 3.19. The number of benzene rings is 3. The number of rotatable bonds is 3. The van der Waals surface area contributed by atoms with Crippen LogP contribution in [-0.2, 0) is 13.1 Å². The molecule has 0 aromatic heterocycles. The lowest BCUT2D eigenvalue weighted by Crippen LogP contribution is -2.23. The summed E-state index contributed by atoms with van der Waals surface area (Å²) in [5.41, 5.74) is 5.21. The molecule has 2 aliphatic heterocycles. The maximum atomic E-state index is 13.0. The van der Waals surface area contributed by atoms with Gasteiger partial charge >= 0.3 is 0 Å². The zero-order chi connectivity index (χ0) is 20.1. The molecule has 0 fully saturated rings. The summed E-state index contributed by atoms with van der Waals surface area (Å²) in [6.45, 7) is 3.14. The van der Waals surface area contributed by atoms with Crippen molar-refractivity contribution >= 4 is 17.5 Å². The molecule has 2 aliphatic rings. The Hall–Kier alpha value is -3.60. The van der Waals surface area contributed by atoms with Crippen LogP contribution in [0.25, 0.3) is 0 Å². The number of hydrogen-bond donors (Lipinski definition) is 0. The van der Waals surface area contributed by atoms with Crippen LogP contribution in [0.1, 0.15) is 37.4 Å². The summed E-state index contributed by atoms with van der Waals surface area (Å²) in [5, 5.41) is 0. The van der Waals surface area contributed by atoms with Gasteiger partial charge in [-0.25, -0.2) is 0 Å². The first-order valence-corrected chi connectivity index (χ1v) is 9.57. The second kappa shape index (κ2) is 6.48. The van der Waals surface area contributed by atoms with Gasteiger partial charge in [-0.3, -0.25) is 9.59 Å². The molecule has 144 valence electrons. The van der Waals surface area contributed by atoms with Crippen LogP contribution in [0.15, 0.2) is 60.7 Å². The molecule has 29 heavy (non-hydrogen) atoms. The number of anilines is 1. The molecule has 0 unspecified atom stereocenters. The van der Waals surface area contributed by atoms with Gasteiger partial charge < -0.3 is 14.5 Å². The van der Waals surface area contributed by atoms with Gasteiger partial charge in [0.15, 0.2) is 0 Å². The molecule has 3 aromatic rings. The monoisotopic (exact) mass is 384 g/mol. The van der Waals surface area contributed by atoms with Crippen LogP contribution in [0.5, 0.6) is 11.5 Å². The Morgan fingerprint density at radius 2 is 1.34 bits per heavy atom. The molecule has 0 saturated carbocycles. The van der Waals surface area contributed by atoms with Crippen LogP contribution >= 0.6 is 0 Å². The lowest BCUT2D eigenvalue weighted by molar-refractivity contribution is 0.0816. The zero-order valence-electron chi connectivity index (χ0n) is 16.3. The molecule has 0 N–H and O–H groups in total. The lowest BCUT2D eigenvalue weighted by Gasteiger charge is -2.16. The predicted octanol–water partition coefficient (Wildman–Crippen LogP) is 4.53. The van der Waals surface area contributed by atoms with E-state index >= 15 is 0 Å². The molecule has 0 atom stereocenters. The van der Waals surface area contributed by atoms with Crippen LogP contribution in [0, 0.1) is 6.92 Å². The predicted molar refractivity (Wildman–Crippen MR) is 110 cm³/mol. The van der Waals surface area contributed by atoms with Gasteiger partial charge in [0.1, 0.15) is 11.5 Å². The standard InChI is InChI=1S/C24H20N2O3/c1-15-3-7-19(8-4-15)29-20-9-5-18(6-10-20)26-14-17-11-16-13-25(2)23(27)21(16)12-22(17)24(26)28/h3-12H,13-14H2,1-2H3. The quantitative estimate of drug-likeness (QED) is 0.666. The van der Waals surface area contributed by atoms with Crippen molar-refractivity contribution in [1.29, 1.82) is 0 Å². The van der Waals surface area contributed by atoms with Crippen molar-refractivity contribution in [2.45, 2.75) is 20.0 Å². The Kier molecular flexibility index (Phi) is 3.91. The van der Waals surface area contributed by atoms with Crippen molar-refractivity contribution in [3.8, 4) is 11.5 Å². The molecule has 5 heteroatoms. The average molecular weight is 384 g/mol. The van der Waals surface area contributed by atoms with E-state index in [-0.39, 0.29) is 11.8 Å². The summed E-state index contributed by atoms with van der Waals surface area (Å²) < 4.78 is 5.87. The number of carbonyl (C=O) groups excluding carboxylic acids is 2. The van der Waals surface area contributed by atoms with Crippen molar-refractivity contribution in [3.63, 3.8) is 0 Å². The molecule has 0 spiro atoms. The molecule has 0 aliphatic carbocycles. The number of fused-ring (bicyclic) bond motifs is 2. The first kappa shape index (κ1) is 17.5. The fraction of sp³-hybridized carbons (Fsp3) is 0.167. The minimum absolute atomic E-state index is 0.0216. The minimum Gasteiger partial charge on any atom is -0.457 e. The molecule has 2 amide bonds. The summed E-state index contributed by atoms with van der Waals surface area (Å²) in [6, 6.07) is 19.1. The zero-order valence-corrected chi connectivity index (χ0v) is 16.3. The van der Waals surface area contributed by atoms with E-state index in [1.165, 1.54) is 5.56 Å². The van der Waals surface area contributed by atoms with Crippen LogP contribution in [0.3, 0.4) is 0 Å². The van der Waals surface area contributed by atoms with Crippen molar-refractivity contribution in [2.24, 2.45) is 0 Å². The van der Waals surface area contributed by atoms with Gasteiger partial charge in [0, 0.05) is 30.4 Å². The van der Waals surface area contributed by atoms with E-state index in [0.717, 1.165) is 28.3 Å². The maximum Gasteiger partial charge on any atom is 0.258 e. The molecular weight excluding hydrogens is 364 g/mol. The number of nitrogens with zero attached hydrogens (tertiary/aromatic N) is 2. The van der Waals surface area contributed by atoms with Gasteiger partial charge in [0.25, 0.3) is 11.8 Å². The number of hydrogen-bond acceptors (Lipinski definition) is 3. The SMILES string of the molecule is Cc1ccc(Oc2ccc(N3Cc4cc5c(cc4C3=O)C(=O)N(C)C5)cc2)cc1. The Bertz CT molecular complexity index is 1130. The van der Waals surface area contributed by atoms with E-state index in [0.29, 0.717) is 24.2 Å². The molecule has 0 saturated heterocycles. The second-order valence-electron chi connectivity index (χ2n) is 7.63. The molecule has 3 aromatic carbocycles. The van der Waals surface area contributed by atoms with Gasteiger partial charge in [-0.15, -0.1) is 0 Å². The van der Waals surface area contributed by atoms with E-state index in [9.17, 15) is 9.59 Å². The number of ether oxygens (including phenoxy) is 1. The number of aryl methyl sites for hydroxylation is 1. The van der Waals surface area contributed by atoms with Crippen molar-refractivity contribution < 1.29 is 14.3 Å². The highest BCUT2D eigenvalue weighted by Crippen LogP contribution is 2.34. The van der Waals surface area contributed by atoms with Crippen LogP contribution < -0.4 is 9.64 Å². The van der Waals surface area contributed by atoms with E-state index in [1.807, 2.05) is 61.5 Å². The van der Waals surface area contributed by atoms with Gasteiger partial charge in [-0.05, 0) is 60.5 Å². The topological polar surface area (TPSA) is 49.9 Å². The summed E-state index contributed by atoms with van der Waals surface area (Å²) in [7, 11) is 1.78. The molecule has 0 bridgehead atoms. The fourth-order valence-electron chi connectivity index (χ4n) is 3.92. The molecule has 0 radical (unpaired) electrons. The van der Waals surface area contributed by atoms with Crippen LogP contribution in [-0.4, -0.2) is 23.8 Å². The van der Waals surface area contributed by atoms with Gasteiger partial charge in [-0.1, -0.05) is 23.8 Å². The Morgan fingerprint density at radius 3 is 2.03 bits per heavy atom. The number of carbonyl (C=O) groups is 2. The van der Waals surface area contributed by atoms with E-state index < -0.39 is 0 Å². The van der Waals surface area contributed by atoms with Gasteiger partial charge in [0.05, 0.1) is 6.54 Å². The third-order valence-corrected chi connectivity index (χ3v) is 5.52. The largest absolute Gasteiger partial charge is 0.457 e. The van der Waals surface area contributed by atoms with Crippen molar-refractivity contribution in [2.75, 3.05) is 11.9 Å². The maximum absolute atomic E-state index is 13.0. The third kappa shape index (κ3) is 2.95. The van der Waals surface area contributed by atoms with Gasteiger partial charge in [-0.2, -0.15) is 0 Å². The molecule has 5 nitrogen and oxygen atoms in total. The molecular formula is C24H20N2O3. The Labute approximate surface area is 169 Å². The first-order chi connectivity index (χ1) is 14.0. The van der Waals surface area contributed by atoms with E-state index in [4.69, 9.17) is 4.74 Å². The van der Waals surface area contributed by atoms with Crippen LogP contribution in [0.4, 0.5) is 5.69 Å². The lowest BCUT2D eigenvalue weighted by atomic mass is 10.0. The van der Waals surface area contributed by atoms with E-state index in [2.05, 4.69) is 0 Å². The minimum atomic E-state index is -0.0719. The molecule has 2 heterocycles. The van der Waals surface area contributed by atoms with E-state index in [1.54, 1.807) is 22.9 Å². The summed E-state index contributed by atoms with van der Waals surface area (Å²) in [6.07, 6.45) is 0. The summed E-state index contributed by atoms with van der Waals surface area (Å²) in [4.78, 5) is 28.6. The second-order valence-corrected chi connectivity index (χ2v) is 7.63. The fourth-order valence-corrected chi connectivity index (χ4v) is 3.92. The summed E-state index contributed by atoms with van der Waals surface area (Å²) in [5.74, 6) is 1.40.